The molecule has 0 spiro atoms. The van der Waals surface area contributed by atoms with E-state index in [1.807, 2.05) is 45.0 Å². The molecule has 0 aliphatic heterocycles. The molecule has 0 aromatic heterocycles. The molecule has 5 nitrogen and oxygen atoms in total. The number of amides is 1. The summed E-state index contributed by atoms with van der Waals surface area (Å²) in [6.07, 6.45) is 4.41. The lowest BCUT2D eigenvalue weighted by atomic mass is 10.1. The average Bonchev–Trinajstić information content (AvgIpc) is 2.61. The Morgan fingerprint density at radius 3 is 2.60 bits per heavy atom. The van der Waals surface area contributed by atoms with Crippen LogP contribution in [0.3, 0.4) is 0 Å². The third-order valence-electron chi connectivity index (χ3n) is 3.50. The van der Waals surface area contributed by atoms with E-state index >= 15 is 0 Å². The summed E-state index contributed by atoms with van der Waals surface area (Å²) in [6, 6.07) is 7.62. The predicted molar refractivity (Wildman–Crippen MR) is 99.3 cm³/mol. The molecule has 0 heterocycles. The zero-order valence-electron chi connectivity index (χ0n) is 15.7. The van der Waals surface area contributed by atoms with Gasteiger partial charge < -0.3 is 14.4 Å². The number of carbonyl (C=O) groups is 2. The lowest BCUT2D eigenvalue weighted by Crippen LogP contribution is -2.34. The minimum atomic E-state index is -0.316. The summed E-state index contributed by atoms with van der Waals surface area (Å²) in [5.41, 5.74) is 0.863. The molecule has 0 saturated heterocycles. The van der Waals surface area contributed by atoms with Crippen molar-refractivity contribution in [3.63, 3.8) is 0 Å². The summed E-state index contributed by atoms with van der Waals surface area (Å²) in [5.74, 6) is 0.639. The highest BCUT2D eigenvalue weighted by Gasteiger charge is 2.14. The van der Waals surface area contributed by atoms with Gasteiger partial charge in [-0.25, -0.2) is 0 Å². The molecule has 0 bridgehead atoms. The molecule has 0 atom stereocenters. The molecule has 1 aromatic carbocycles. The van der Waals surface area contributed by atoms with Crippen LogP contribution in [-0.2, 0) is 14.3 Å². The molecule has 5 heteroatoms. The fraction of sp³-hybridized carbons (Fsp3) is 0.500. The molecule has 138 valence electrons. The Kier molecular flexibility index (Phi) is 9.37. The van der Waals surface area contributed by atoms with Crippen molar-refractivity contribution in [2.45, 2.75) is 33.6 Å². The minimum Gasteiger partial charge on any atom is -0.493 e. The SMILES string of the molecule is CCCOc1ccccc1/C=C/C(=O)N(CCC(=O)OC)CC(C)C. The van der Waals surface area contributed by atoms with E-state index < -0.39 is 0 Å². The number of methoxy groups -OCH3 is 1. The van der Waals surface area contributed by atoms with Crippen LogP contribution in [0.1, 0.15) is 39.2 Å². The first-order chi connectivity index (χ1) is 12.0. The van der Waals surface area contributed by atoms with Crippen molar-refractivity contribution >= 4 is 18.0 Å². The summed E-state index contributed by atoms with van der Waals surface area (Å²) in [7, 11) is 1.35. The number of carbonyl (C=O) groups excluding carboxylic acids is 2. The first kappa shape index (κ1) is 20.7. The zero-order valence-corrected chi connectivity index (χ0v) is 15.7. The second-order valence-electron chi connectivity index (χ2n) is 6.22. The summed E-state index contributed by atoms with van der Waals surface area (Å²) >= 11 is 0. The van der Waals surface area contributed by atoms with E-state index in [9.17, 15) is 9.59 Å². The number of nitrogens with zero attached hydrogens (tertiary/aromatic N) is 1. The van der Waals surface area contributed by atoms with Gasteiger partial charge in [0.15, 0.2) is 0 Å². The maximum atomic E-state index is 12.5. The molecule has 0 unspecified atom stereocenters. The van der Waals surface area contributed by atoms with Gasteiger partial charge >= 0.3 is 5.97 Å². The quantitative estimate of drug-likeness (QED) is 0.480. The van der Waals surface area contributed by atoms with Gasteiger partial charge in [-0.3, -0.25) is 9.59 Å². The van der Waals surface area contributed by atoms with Gasteiger partial charge in [0, 0.05) is 24.7 Å². The van der Waals surface area contributed by atoms with Crippen LogP contribution >= 0.6 is 0 Å². The van der Waals surface area contributed by atoms with Crippen molar-refractivity contribution in [3.05, 3.63) is 35.9 Å². The largest absolute Gasteiger partial charge is 0.493 e. The standard InChI is InChI=1S/C20H29NO4/c1-5-14-25-18-9-7-6-8-17(18)10-11-19(22)21(15-16(2)3)13-12-20(23)24-4/h6-11,16H,5,12-15H2,1-4H3/b11-10+. The van der Waals surface area contributed by atoms with Crippen LogP contribution < -0.4 is 4.74 Å². The summed E-state index contributed by atoms with van der Waals surface area (Å²) in [6.45, 7) is 7.70. The van der Waals surface area contributed by atoms with Gasteiger partial charge in [0.05, 0.1) is 20.1 Å². The van der Waals surface area contributed by atoms with Gasteiger partial charge in [0.25, 0.3) is 0 Å². The number of hydrogen-bond acceptors (Lipinski definition) is 4. The van der Waals surface area contributed by atoms with Crippen LogP contribution in [0.25, 0.3) is 6.08 Å². The maximum Gasteiger partial charge on any atom is 0.307 e. The molecule has 0 N–H and O–H groups in total. The lowest BCUT2D eigenvalue weighted by Gasteiger charge is -2.22. The molecule has 1 rings (SSSR count). The van der Waals surface area contributed by atoms with E-state index in [2.05, 4.69) is 4.74 Å². The number of esters is 1. The highest BCUT2D eigenvalue weighted by atomic mass is 16.5. The van der Waals surface area contributed by atoms with Crippen molar-refractivity contribution in [2.75, 3.05) is 26.8 Å². The van der Waals surface area contributed by atoms with Crippen molar-refractivity contribution < 1.29 is 19.1 Å². The smallest absolute Gasteiger partial charge is 0.307 e. The van der Waals surface area contributed by atoms with Crippen molar-refractivity contribution in [1.82, 2.24) is 4.90 Å². The molecule has 1 aromatic rings. The van der Waals surface area contributed by atoms with E-state index in [0.717, 1.165) is 17.7 Å². The zero-order chi connectivity index (χ0) is 18.7. The Hall–Kier alpha value is -2.30. The number of hydrogen-bond donors (Lipinski definition) is 0. The normalized spacial score (nSPS) is 10.9. The molecular formula is C20H29NO4. The second-order valence-corrected chi connectivity index (χ2v) is 6.22. The van der Waals surface area contributed by atoms with Crippen LogP contribution in [0.15, 0.2) is 30.3 Å². The predicted octanol–water partition coefficient (Wildman–Crippen LogP) is 3.54. The molecule has 0 aliphatic rings. The van der Waals surface area contributed by atoms with Crippen molar-refractivity contribution in [1.29, 1.82) is 0 Å². The van der Waals surface area contributed by atoms with Crippen molar-refractivity contribution in [2.24, 2.45) is 5.92 Å². The van der Waals surface area contributed by atoms with Gasteiger partial charge in [-0.15, -0.1) is 0 Å². The van der Waals surface area contributed by atoms with Gasteiger partial charge in [0.2, 0.25) is 5.91 Å². The maximum absolute atomic E-state index is 12.5. The van der Waals surface area contributed by atoms with Crippen LogP contribution in [0.5, 0.6) is 5.75 Å². The van der Waals surface area contributed by atoms with Crippen molar-refractivity contribution in [3.8, 4) is 5.75 Å². The number of para-hydroxylation sites is 1. The Morgan fingerprint density at radius 2 is 1.96 bits per heavy atom. The third-order valence-corrected chi connectivity index (χ3v) is 3.50. The topological polar surface area (TPSA) is 55.8 Å². The molecule has 1 amide bonds. The second kappa shape index (κ2) is 11.3. The monoisotopic (exact) mass is 347 g/mol. The van der Waals surface area contributed by atoms with Gasteiger partial charge in [0.1, 0.15) is 5.75 Å². The van der Waals surface area contributed by atoms with Crippen LogP contribution in [-0.4, -0.2) is 43.6 Å². The Bertz CT molecular complexity index is 581. The van der Waals surface area contributed by atoms with E-state index in [4.69, 9.17) is 4.74 Å². The van der Waals surface area contributed by atoms with Gasteiger partial charge in [-0.05, 0) is 24.5 Å². The summed E-state index contributed by atoms with van der Waals surface area (Å²) in [5, 5.41) is 0. The summed E-state index contributed by atoms with van der Waals surface area (Å²) in [4.78, 5) is 25.6. The Morgan fingerprint density at radius 1 is 1.24 bits per heavy atom. The minimum absolute atomic E-state index is 0.122. The van der Waals surface area contributed by atoms with Crippen LogP contribution in [0, 0.1) is 5.92 Å². The van der Waals surface area contributed by atoms with E-state index in [1.165, 1.54) is 13.2 Å². The number of benzene rings is 1. The number of ether oxygens (including phenoxy) is 2. The first-order valence-corrected chi connectivity index (χ1v) is 8.73. The van der Waals surface area contributed by atoms with Crippen LogP contribution in [0.2, 0.25) is 0 Å². The Labute approximate surface area is 150 Å². The van der Waals surface area contributed by atoms with E-state index in [0.29, 0.717) is 25.6 Å². The lowest BCUT2D eigenvalue weighted by molar-refractivity contribution is -0.141. The molecule has 0 saturated carbocycles. The highest BCUT2D eigenvalue weighted by molar-refractivity contribution is 5.92. The molecule has 25 heavy (non-hydrogen) atoms. The van der Waals surface area contributed by atoms with Crippen LogP contribution in [0.4, 0.5) is 0 Å². The van der Waals surface area contributed by atoms with E-state index in [-0.39, 0.29) is 18.3 Å². The fourth-order valence-electron chi connectivity index (χ4n) is 2.29. The fourth-order valence-corrected chi connectivity index (χ4v) is 2.29. The molecule has 0 fully saturated rings. The van der Waals surface area contributed by atoms with Gasteiger partial charge in [-0.1, -0.05) is 39.0 Å². The Balaban J connectivity index is 2.80. The number of rotatable bonds is 10. The highest BCUT2D eigenvalue weighted by Crippen LogP contribution is 2.20. The average molecular weight is 347 g/mol. The molecule has 0 radical (unpaired) electrons. The van der Waals surface area contributed by atoms with Gasteiger partial charge in [-0.2, -0.15) is 0 Å². The molecular weight excluding hydrogens is 318 g/mol. The van der Waals surface area contributed by atoms with E-state index in [1.54, 1.807) is 11.0 Å². The first-order valence-electron chi connectivity index (χ1n) is 8.73. The summed E-state index contributed by atoms with van der Waals surface area (Å²) < 4.78 is 10.4. The third kappa shape index (κ3) is 7.88. The molecule has 0 aliphatic carbocycles.